The fourth-order valence-electron chi connectivity index (χ4n) is 3.11. The Morgan fingerprint density at radius 2 is 1.97 bits per heavy atom. The van der Waals surface area contributed by atoms with Gasteiger partial charge in [0.2, 0.25) is 0 Å². The number of benzene rings is 1. The number of hydrogen-bond donors (Lipinski definition) is 0. The van der Waals surface area contributed by atoms with Crippen LogP contribution in [-0.2, 0) is 20.8 Å². The maximum Gasteiger partial charge on any atom is 0.337 e. The van der Waals surface area contributed by atoms with Crippen LogP contribution in [0.4, 0.5) is 0 Å². The third-order valence-electron chi connectivity index (χ3n) is 4.46. The van der Waals surface area contributed by atoms with Gasteiger partial charge in [-0.15, -0.1) is 0 Å². The van der Waals surface area contributed by atoms with Gasteiger partial charge in [0, 0.05) is 6.04 Å². The van der Waals surface area contributed by atoms with Gasteiger partial charge in [0.05, 0.1) is 35.2 Å². The number of fused-ring (bicyclic) bond motifs is 1. The molecule has 0 N–H and O–H groups in total. The van der Waals surface area contributed by atoms with Crippen molar-refractivity contribution in [3.63, 3.8) is 0 Å². The van der Waals surface area contributed by atoms with Crippen molar-refractivity contribution in [1.29, 1.82) is 0 Å². The van der Waals surface area contributed by atoms with Crippen LogP contribution in [0.15, 0.2) is 29.3 Å². The normalized spacial score (nSPS) is 11.9. The number of aromatic nitrogens is 3. The zero-order valence-corrected chi connectivity index (χ0v) is 18.9. The molecule has 0 fully saturated rings. The number of nitrogens with zero attached hydrogens (tertiary/aromatic N) is 4. The molecular formula is C21H24N4O5S. The van der Waals surface area contributed by atoms with Crippen molar-refractivity contribution in [3.8, 4) is 0 Å². The fraction of sp³-hybridized carbons (Fsp3) is 0.381. The van der Waals surface area contributed by atoms with E-state index < -0.39 is 17.8 Å². The molecule has 0 spiro atoms. The lowest BCUT2D eigenvalue weighted by atomic mass is 10.2. The Labute approximate surface area is 182 Å². The van der Waals surface area contributed by atoms with Crippen LogP contribution >= 0.6 is 11.3 Å². The molecule has 164 valence electrons. The predicted molar refractivity (Wildman–Crippen MR) is 115 cm³/mol. The summed E-state index contributed by atoms with van der Waals surface area (Å²) >= 11 is 1.20. The first-order valence-electron chi connectivity index (χ1n) is 9.77. The van der Waals surface area contributed by atoms with Crippen LogP contribution in [-0.4, -0.2) is 45.9 Å². The van der Waals surface area contributed by atoms with Crippen molar-refractivity contribution in [2.45, 2.75) is 40.3 Å². The first-order valence-corrected chi connectivity index (χ1v) is 10.6. The predicted octanol–water partition coefficient (Wildman–Crippen LogP) is 2.88. The van der Waals surface area contributed by atoms with E-state index in [1.807, 2.05) is 20.8 Å². The quantitative estimate of drug-likeness (QED) is 0.542. The van der Waals surface area contributed by atoms with Gasteiger partial charge in [-0.1, -0.05) is 11.3 Å². The highest BCUT2D eigenvalue weighted by atomic mass is 32.1. The van der Waals surface area contributed by atoms with Crippen LogP contribution in [0.2, 0.25) is 0 Å². The minimum absolute atomic E-state index is 0.0143. The fourth-order valence-corrected chi connectivity index (χ4v) is 4.17. The summed E-state index contributed by atoms with van der Waals surface area (Å²) in [5.41, 5.74) is 2.10. The Hall–Kier alpha value is -3.27. The molecule has 0 saturated heterocycles. The van der Waals surface area contributed by atoms with Crippen molar-refractivity contribution in [2.75, 3.05) is 13.7 Å². The van der Waals surface area contributed by atoms with Gasteiger partial charge in [0.15, 0.2) is 4.80 Å². The van der Waals surface area contributed by atoms with E-state index in [4.69, 9.17) is 9.47 Å². The summed E-state index contributed by atoms with van der Waals surface area (Å²) in [6.45, 7) is 7.52. The monoisotopic (exact) mass is 444 g/mol. The summed E-state index contributed by atoms with van der Waals surface area (Å²) in [5.74, 6) is -1.39. The molecule has 2 aromatic heterocycles. The zero-order valence-electron chi connectivity index (χ0n) is 18.0. The van der Waals surface area contributed by atoms with E-state index in [9.17, 15) is 14.4 Å². The van der Waals surface area contributed by atoms with E-state index in [1.165, 1.54) is 18.4 Å². The van der Waals surface area contributed by atoms with Crippen LogP contribution in [0, 0.1) is 6.92 Å². The van der Waals surface area contributed by atoms with Gasteiger partial charge in [0.25, 0.3) is 5.91 Å². The molecule has 3 aromatic rings. The third kappa shape index (κ3) is 4.74. The van der Waals surface area contributed by atoms with E-state index in [-0.39, 0.29) is 19.2 Å². The van der Waals surface area contributed by atoms with Gasteiger partial charge >= 0.3 is 11.9 Å². The van der Waals surface area contributed by atoms with Gasteiger partial charge in [-0.25, -0.2) is 4.79 Å². The SMILES string of the molecule is CCOC(=O)Cn1c(=NC(=O)c2cc(C)nn2C(C)C)sc2cc(C(=O)OC)ccc21. The van der Waals surface area contributed by atoms with Crippen molar-refractivity contribution in [1.82, 2.24) is 14.3 Å². The lowest BCUT2D eigenvalue weighted by Gasteiger charge is -2.08. The lowest BCUT2D eigenvalue weighted by Crippen LogP contribution is -2.23. The first kappa shape index (κ1) is 22.4. The number of ether oxygens (including phenoxy) is 2. The highest BCUT2D eigenvalue weighted by Crippen LogP contribution is 2.20. The van der Waals surface area contributed by atoms with Crippen molar-refractivity contribution < 1.29 is 23.9 Å². The van der Waals surface area contributed by atoms with Crippen LogP contribution in [0.5, 0.6) is 0 Å². The van der Waals surface area contributed by atoms with Crippen molar-refractivity contribution in [2.24, 2.45) is 4.99 Å². The second kappa shape index (κ2) is 9.25. The number of esters is 2. The van der Waals surface area contributed by atoms with Gasteiger partial charge in [-0.2, -0.15) is 10.1 Å². The molecule has 2 heterocycles. The summed E-state index contributed by atoms with van der Waals surface area (Å²) in [6, 6.07) is 6.62. The lowest BCUT2D eigenvalue weighted by molar-refractivity contribution is -0.143. The molecule has 0 bridgehead atoms. The molecule has 3 rings (SSSR count). The number of methoxy groups -OCH3 is 1. The molecule has 0 radical (unpaired) electrons. The molecular weight excluding hydrogens is 420 g/mol. The molecule has 1 amide bonds. The van der Waals surface area contributed by atoms with Crippen LogP contribution in [0.1, 0.15) is 53.4 Å². The van der Waals surface area contributed by atoms with E-state index in [0.717, 1.165) is 0 Å². The van der Waals surface area contributed by atoms with E-state index >= 15 is 0 Å². The van der Waals surface area contributed by atoms with Gasteiger partial charge in [-0.3, -0.25) is 14.3 Å². The standard InChI is InChI=1S/C21H24N4O5S/c1-6-30-18(26)11-24-15-8-7-14(20(28)29-5)10-17(15)31-21(24)22-19(27)16-9-13(4)23-25(16)12(2)3/h7-10,12H,6,11H2,1-5H3. The van der Waals surface area contributed by atoms with Crippen molar-refractivity contribution in [3.05, 3.63) is 46.0 Å². The highest BCUT2D eigenvalue weighted by molar-refractivity contribution is 7.16. The Morgan fingerprint density at radius 1 is 1.23 bits per heavy atom. The first-order chi connectivity index (χ1) is 14.7. The highest BCUT2D eigenvalue weighted by Gasteiger charge is 2.18. The molecule has 1 aromatic carbocycles. The number of amides is 1. The molecule has 0 aliphatic heterocycles. The Balaban J connectivity index is 2.16. The molecule has 10 heteroatoms. The second-order valence-corrected chi connectivity index (χ2v) is 8.09. The topological polar surface area (TPSA) is 105 Å². The number of carbonyl (C=O) groups is 3. The Morgan fingerprint density at radius 3 is 2.61 bits per heavy atom. The number of carbonyl (C=O) groups excluding carboxylic acids is 3. The summed E-state index contributed by atoms with van der Waals surface area (Å²) in [7, 11) is 1.31. The van der Waals surface area contributed by atoms with Gasteiger partial charge < -0.3 is 14.0 Å². The molecule has 0 aliphatic carbocycles. The molecule has 0 aliphatic rings. The number of thiazole rings is 1. The van der Waals surface area contributed by atoms with Crippen molar-refractivity contribution >= 4 is 39.4 Å². The molecule has 31 heavy (non-hydrogen) atoms. The molecule has 0 saturated carbocycles. The Bertz CT molecular complexity index is 1220. The smallest absolute Gasteiger partial charge is 0.337 e. The Kier molecular flexibility index (Phi) is 6.69. The number of hydrogen-bond acceptors (Lipinski definition) is 7. The van der Waals surface area contributed by atoms with Crippen LogP contribution < -0.4 is 4.80 Å². The van der Waals surface area contributed by atoms with Gasteiger partial charge in [0.1, 0.15) is 12.2 Å². The third-order valence-corrected chi connectivity index (χ3v) is 5.50. The largest absolute Gasteiger partial charge is 0.465 e. The zero-order chi connectivity index (χ0) is 22.7. The minimum Gasteiger partial charge on any atom is -0.465 e. The summed E-state index contributed by atoms with van der Waals surface area (Å²) in [5, 5.41) is 4.36. The maximum atomic E-state index is 13.0. The number of rotatable bonds is 6. The summed E-state index contributed by atoms with van der Waals surface area (Å²) in [4.78, 5) is 41.7. The van der Waals surface area contributed by atoms with E-state index in [1.54, 1.807) is 40.4 Å². The number of aryl methyl sites for hydroxylation is 1. The molecule has 0 unspecified atom stereocenters. The summed E-state index contributed by atoms with van der Waals surface area (Å²) in [6.07, 6.45) is 0. The average molecular weight is 445 g/mol. The van der Waals surface area contributed by atoms with E-state index in [2.05, 4.69) is 10.1 Å². The molecule has 0 atom stereocenters. The van der Waals surface area contributed by atoms with Crippen LogP contribution in [0.25, 0.3) is 10.2 Å². The summed E-state index contributed by atoms with van der Waals surface area (Å²) < 4.78 is 13.8. The van der Waals surface area contributed by atoms with Crippen LogP contribution in [0.3, 0.4) is 0 Å². The maximum absolute atomic E-state index is 13.0. The van der Waals surface area contributed by atoms with Gasteiger partial charge in [-0.05, 0) is 52.0 Å². The minimum atomic E-state index is -0.474. The molecule has 9 nitrogen and oxygen atoms in total. The second-order valence-electron chi connectivity index (χ2n) is 7.08. The van der Waals surface area contributed by atoms with E-state index in [0.29, 0.717) is 32.0 Å². The average Bonchev–Trinajstić information content (AvgIpc) is 3.28.